The molecule has 0 bridgehead atoms. The highest BCUT2D eigenvalue weighted by Gasteiger charge is 2.20. The van der Waals surface area contributed by atoms with Crippen molar-refractivity contribution in [2.75, 3.05) is 6.61 Å². The summed E-state index contributed by atoms with van der Waals surface area (Å²) in [5, 5.41) is 19.7. The summed E-state index contributed by atoms with van der Waals surface area (Å²) in [5.41, 5.74) is -0.00722. The zero-order valence-electron chi connectivity index (χ0n) is 8.05. The third-order valence-electron chi connectivity index (χ3n) is 1.74. The minimum Gasteiger partial charge on any atom is -0.480 e. The molecule has 0 aliphatic heterocycles. The molecule has 1 aromatic rings. The number of aliphatic hydroxyl groups is 1. The van der Waals surface area contributed by atoms with Crippen LogP contribution in [-0.2, 0) is 4.79 Å². The predicted molar refractivity (Wildman–Crippen MR) is 55.2 cm³/mol. The van der Waals surface area contributed by atoms with Gasteiger partial charge in [0.1, 0.15) is 5.69 Å². The van der Waals surface area contributed by atoms with Gasteiger partial charge in [0.25, 0.3) is 5.91 Å². The van der Waals surface area contributed by atoms with Gasteiger partial charge in [0, 0.05) is 11.2 Å². The molecule has 0 aromatic carbocycles. The fourth-order valence-electron chi connectivity index (χ4n) is 0.947. The first-order valence-electron chi connectivity index (χ1n) is 4.30. The Hall–Kier alpha value is -1.66. The van der Waals surface area contributed by atoms with E-state index < -0.39 is 24.5 Å². The van der Waals surface area contributed by atoms with Crippen molar-refractivity contribution in [1.29, 1.82) is 0 Å². The number of pyridine rings is 1. The van der Waals surface area contributed by atoms with Crippen LogP contribution in [0, 0.1) is 0 Å². The van der Waals surface area contributed by atoms with E-state index in [-0.39, 0.29) is 5.69 Å². The van der Waals surface area contributed by atoms with Gasteiger partial charge in [-0.05, 0) is 12.1 Å². The van der Waals surface area contributed by atoms with E-state index in [4.69, 9.17) is 21.8 Å². The van der Waals surface area contributed by atoms with Crippen molar-refractivity contribution in [2.45, 2.75) is 6.04 Å². The average molecular weight is 245 g/mol. The molecule has 7 heteroatoms. The van der Waals surface area contributed by atoms with Crippen molar-refractivity contribution < 1.29 is 19.8 Å². The molecule has 1 amide bonds. The van der Waals surface area contributed by atoms with Gasteiger partial charge in [-0.2, -0.15) is 0 Å². The lowest BCUT2D eigenvalue weighted by Gasteiger charge is -2.10. The highest BCUT2D eigenvalue weighted by atomic mass is 35.5. The van der Waals surface area contributed by atoms with Gasteiger partial charge in [0.2, 0.25) is 0 Å². The molecule has 0 spiro atoms. The van der Waals surface area contributed by atoms with Crippen LogP contribution in [0.4, 0.5) is 0 Å². The van der Waals surface area contributed by atoms with E-state index in [2.05, 4.69) is 10.3 Å². The molecular formula is C9H9ClN2O4. The number of nitrogens with zero attached hydrogens (tertiary/aromatic N) is 1. The quantitative estimate of drug-likeness (QED) is 0.687. The average Bonchev–Trinajstić information content (AvgIpc) is 2.25. The van der Waals surface area contributed by atoms with Crippen LogP contribution >= 0.6 is 11.6 Å². The molecule has 6 nitrogen and oxygen atoms in total. The Labute approximate surface area is 95.9 Å². The molecule has 1 heterocycles. The summed E-state index contributed by atoms with van der Waals surface area (Å²) in [5.74, 6) is -2.03. The van der Waals surface area contributed by atoms with Crippen LogP contribution in [0.15, 0.2) is 18.3 Å². The molecule has 1 rings (SSSR count). The first-order valence-corrected chi connectivity index (χ1v) is 4.68. The highest BCUT2D eigenvalue weighted by Crippen LogP contribution is 2.07. The Morgan fingerprint density at radius 2 is 2.25 bits per heavy atom. The molecule has 3 N–H and O–H groups in total. The number of aromatic nitrogens is 1. The maximum absolute atomic E-state index is 11.5. The zero-order valence-corrected chi connectivity index (χ0v) is 8.81. The van der Waals surface area contributed by atoms with Gasteiger partial charge >= 0.3 is 5.97 Å². The molecule has 1 atom stereocenters. The largest absolute Gasteiger partial charge is 0.480 e. The monoisotopic (exact) mass is 244 g/mol. The molecule has 86 valence electrons. The zero-order chi connectivity index (χ0) is 12.1. The summed E-state index contributed by atoms with van der Waals surface area (Å²) in [4.78, 5) is 25.7. The van der Waals surface area contributed by atoms with E-state index in [1.807, 2.05) is 0 Å². The molecule has 0 radical (unpaired) electrons. The number of aliphatic hydroxyl groups excluding tert-OH is 1. The summed E-state index contributed by atoms with van der Waals surface area (Å²) in [6.07, 6.45) is 1.33. The second-order valence-electron chi connectivity index (χ2n) is 2.91. The van der Waals surface area contributed by atoms with Gasteiger partial charge in [0.05, 0.1) is 6.61 Å². The number of hydrogen-bond donors (Lipinski definition) is 3. The first-order chi connectivity index (χ1) is 7.54. The van der Waals surface area contributed by atoms with Crippen LogP contribution in [0.2, 0.25) is 5.02 Å². The maximum atomic E-state index is 11.5. The molecule has 0 saturated heterocycles. The van der Waals surface area contributed by atoms with E-state index in [0.717, 1.165) is 0 Å². The van der Waals surface area contributed by atoms with Gasteiger partial charge in [-0.3, -0.25) is 9.78 Å². The summed E-state index contributed by atoms with van der Waals surface area (Å²) < 4.78 is 0. The molecule has 1 aromatic heterocycles. The Morgan fingerprint density at radius 1 is 1.56 bits per heavy atom. The standard InChI is InChI=1S/C9H9ClN2O4/c10-5-1-2-11-6(3-5)8(14)12-7(4-13)9(15)16/h1-3,7,13H,4H2,(H,12,14)(H,15,16). The van der Waals surface area contributed by atoms with Crippen molar-refractivity contribution in [3.8, 4) is 0 Å². The normalized spacial score (nSPS) is 11.9. The summed E-state index contributed by atoms with van der Waals surface area (Å²) in [6.45, 7) is -0.693. The molecule has 0 fully saturated rings. The van der Waals surface area contributed by atoms with Crippen molar-refractivity contribution in [3.05, 3.63) is 29.0 Å². The van der Waals surface area contributed by atoms with Gasteiger partial charge < -0.3 is 15.5 Å². The number of carboxylic acids is 1. The number of carbonyl (C=O) groups excluding carboxylic acids is 1. The topological polar surface area (TPSA) is 99.5 Å². The maximum Gasteiger partial charge on any atom is 0.328 e. The van der Waals surface area contributed by atoms with Crippen LogP contribution < -0.4 is 5.32 Å². The van der Waals surface area contributed by atoms with E-state index in [1.165, 1.54) is 18.3 Å². The third-order valence-corrected chi connectivity index (χ3v) is 1.98. The van der Waals surface area contributed by atoms with Crippen molar-refractivity contribution >= 4 is 23.5 Å². The van der Waals surface area contributed by atoms with Crippen molar-refractivity contribution in [2.24, 2.45) is 0 Å². The van der Waals surface area contributed by atoms with E-state index in [1.54, 1.807) is 0 Å². The minimum absolute atomic E-state index is 0.00722. The summed E-state index contributed by atoms with van der Waals surface area (Å²) >= 11 is 5.64. The SMILES string of the molecule is O=C(NC(CO)C(=O)O)c1cc(Cl)ccn1. The van der Waals surface area contributed by atoms with E-state index >= 15 is 0 Å². The van der Waals surface area contributed by atoms with Gasteiger partial charge in [-0.1, -0.05) is 11.6 Å². The lowest BCUT2D eigenvalue weighted by Crippen LogP contribution is -2.43. The second kappa shape index (κ2) is 5.43. The lowest BCUT2D eigenvalue weighted by atomic mass is 10.3. The number of hydrogen-bond acceptors (Lipinski definition) is 4. The molecular weight excluding hydrogens is 236 g/mol. The van der Waals surface area contributed by atoms with Crippen LogP contribution in [0.5, 0.6) is 0 Å². The number of carbonyl (C=O) groups is 2. The van der Waals surface area contributed by atoms with Gasteiger partial charge in [-0.15, -0.1) is 0 Å². The Balaban J connectivity index is 2.75. The smallest absolute Gasteiger partial charge is 0.328 e. The van der Waals surface area contributed by atoms with Crippen LogP contribution in [0.3, 0.4) is 0 Å². The Kier molecular flexibility index (Phi) is 4.21. The van der Waals surface area contributed by atoms with Crippen LogP contribution in [0.1, 0.15) is 10.5 Å². The fourth-order valence-corrected chi connectivity index (χ4v) is 1.11. The third kappa shape index (κ3) is 3.18. The first kappa shape index (κ1) is 12.4. The van der Waals surface area contributed by atoms with Gasteiger partial charge in [-0.25, -0.2) is 4.79 Å². The minimum atomic E-state index is -1.35. The molecule has 1 unspecified atom stereocenters. The fraction of sp³-hybridized carbons (Fsp3) is 0.222. The Bertz CT molecular complexity index is 410. The number of halogens is 1. The summed E-state index contributed by atoms with van der Waals surface area (Å²) in [6, 6.07) is 1.43. The van der Waals surface area contributed by atoms with Gasteiger partial charge in [0.15, 0.2) is 6.04 Å². The van der Waals surface area contributed by atoms with Crippen molar-refractivity contribution in [3.63, 3.8) is 0 Å². The van der Waals surface area contributed by atoms with Crippen LogP contribution in [0.25, 0.3) is 0 Å². The summed E-state index contributed by atoms with van der Waals surface area (Å²) in [7, 11) is 0. The lowest BCUT2D eigenvalue weighted by molar-refractivity contribution is -0.140. The molecule has 16 heavy (non-hydrogen) atoms. The number of nitrogens with one attached hydrogen (secondary N) is 1. The number of aliphatic carboxylic acids is 1. The van der Waals surface area contributed by atoms with Crippen molar-refractivity contribution in [1.82, 2.24) is 10.3 Å². The molecule has 0 aliphatic rings. The molecule has 0 saturated carbocycles. The van der Waals surface area contributed by atoms with Crippen LogP contribution in [-0.4, -0.2) is 39.7 Å². The van der Waals surface area contributed by atoms with E-state index in [0.29, 0.717) is 5.02 Å². The number of rotatable bonds is 4. The predicted octanol–water partition coefficient (Wildman–Crippen LogP) is -0.0897. The van der Waals surface area contributed by atoms with E-state index in [9.17, 15) is 9.59 Å². The number of carboxylic acid groups (broad SMARTS) is 1. The second-order valence-corrected chi connectivity index (χ2v) is 3.34. The molecule has 0 aliphatic carbocycles. The highest BCUT2D eigenvalue weighted by molar-refractivity contribution is 6.30. The number of amides is 1. The Morgan fingerprint density at radius 3 is 2.75 bits per heavy atom.